The second kappa shape index (κ2) is 8.34. The third-order valence-electron chi connectivity index (χ3n) is 4.55. The van der Waals surface area contributed by atoms with Gasteiger partial charge in [-0.2, -0.15) is 27.1 Å². The molecule has 1 N–H and O–H groups in total. The van der Waals surface area contributed by atoms with Crippen LogP contribution in [0.1, 0.15) is 36.6 Å². The Morgan fingerprint density at radius 3 is 2.74 bits per heavy atom. The van der Waals surface area contributed by atoms with Gasteiger partial charge in [-0.05, 0) is 47.0 Å². The number of hydrogen-bond acceptors (Lipinski definition) is 5. The monoisotopic (exact) mass is 524 g/mol. The maximum atomic E-state index is 13.2. The summed E-state index contributed by atoms with van der Waals surface area (Å²) in [5.41, 5.74) is -0.0572. The lowest BCUT2D eigenvalue weighted by atomic mass is 10.2. The number of benzene rings is 1. The van der Waals surface area contributed by atoms with Crippen LogP contribution in [0.3, 0.4) is 0 Å². The van der Waals surface area contributed by atoms with Crippen molar-refractivity contribution in [3.8, 4) is 5.75 Å². The van der Waals surface area contributed by atoms with Gasteiger partial charge in [-0.1, -0.05) is 11.3 Å². The lowest BCUT2D eigenvalue weighted by Crippen LogP contribution is -2.16. The quantitative estimate of drug-likeness (QED) is 0.397. The van der Waals surface area contributed by atoms with Crippen LogP contribution in [0.15, 0.2) is 22.7 Å². The standard InChI is InChI=1S/C18H14BrF5N4O2S/c19-13-14(8-1-2-8)28(27-15(13)18(22,23)24)6-5-12(29)26-17-25-10-4-3-9(30-16(20)21)7-11(10)31-17/h3-4,7-8,16H,1-2,5-6H2,(H,25,26,29). The van der Waals surface area contributed by atoms with E-state index in [0.717, 1.165) is 24.2 Å². The summed E-state index contributed by atoms with van der Waals surface area (Å²) >= 11 is 4.08. The van der Waals surface area contributed by atoms with Crippen molar-refractivity contribution in [2.24, 2.45) is 0 Å². The van der Waals surface area contributed by atoms with E-state index in [1.807, 2.05) is 0 Å². The molecule has 166 valence electrons. The minimum atomic E-state index is -4.59. The van der Waals surface area contributed by atoms with Crippen LogP contribution in [0.25, 0.3) is 10.2 Å². The van der Waals surface area contributed by atoms with Crippen LogP contribution in [0.2, 0.25) is 0 Å². The molecule has 13 heteroatoms. The zero-order chi connectivity index (χ0) is 22.3. The number of ether oxygens (including phenoxy) is 1. The number of carbonyl (C=O) groups is 1. The number of aromatic nitrogens is 3. The Labute approximate surface area is 184 Å². The van der Waals surface area contributed by atoms with E-state index in [2.05, 4.69) is 36.1 Å². The molecule has 6 nitrogen and oxygen atoms in total. The first-order valence-electron chi connectivity index (χ1n) is 9.10. The molecule has 3 aromatic rings. The Morgan fingerprint density at radius 1 is 1.35 bits per heavy atom. The van der Waals surface area contributed by atoms with E-state index in [-0.39, 0.29) is 34.2 Å². The molecule has 1 amide bonds. The highest BCUT2D eigenvalue weighted by Crippen LogP contribution is 2.47. The molecule has 0 saturated heterocycles. The van der Waals surface area contributed by atoms with Gasteiger partial charge in [-0.3, -0.25) is 9.48 Å². The first kappa shape index (κ1) is 21.9. The maximum absolute atomic E-state index is 13.2. The fraction of sp³-hybridized carbons (Fsp3) is 0.389. The van der Waals surface area contributed by atoms with E-state index < -0.39 is 24.4 Å². The Kier molecular flexibility index (Phi) is 5.90. The van der Waals surface area contributed by atoms with Crippen LogP contribution in [0.4, 0.5) is 27.1 Å². The number of fused-ring (bicyclic) bond motifs is 1. The predicted octanol–water partition coefficient (Wildman–Crippen LogP) is 5.78. The largest absolute Gasteiger partial charge is 0.436 e. The molecule has 1 aliphatic carbocycles. The van der Waals surface area contributed by atoms with E-state index in [1.165, 1.54) is 22.9 Å². The minimum Gasteiger partial charge on any atom is -0.435 e. The van der Waals surface area contributed by atoms with E-state index in [4.69, 9.17) is 0 Å². The highest BCUT2D eigenvalue weighted by molar-refractivity contribution is 9.10. The Bertz CT molecular complexity index is 1130. The van der Waals surface area contributed by atoms with Crippen molar-refractivity contribution < 1.29 is 31.5 Å². The van der Waals surface area contributed by atoms with Gasteiger partial charge in [0.15, 0.2) is 10.8 Å². The number of nitrogens with zero attached hydrogens (tertiary/aromatic N) is 3. The van der Waals surface area contributed by atoms with Crippen LogP contribution >= 0.6 is 27.3 Å². The summed E-state index contributed by atoms with van der Waals surface area (Å²) in [6.07, 6.45) is -3.15. The minimum absolute atomic E-state index is 0.00467. The van der Waals surface area contributed by atoms with Crippen molar-refractivity contribution in [1.82, 2.24) is 14.8 Å². The summed E-state index contributed by atoms with van der Waals surface area (Å²) in [5, 5.41) is 6.49. The molecule has 1 aromatic carbocycles. The predicted molar refractivity (Wildman–Crippen MR) is 106 cm³/mol. The van der Waals surface area contributed by atoms with Crippen molar-refractivity contribution in [2.75, 3.05) is 5.32 Å². The molecule has 2 aromatic heterocycles. The van der Waals surface area contributed by atoms with Crippen LogP contribution in [-0.2, 0) is 17.5 Å². The van der Waals surface area contributed by atoms with Crippen molar-refractivity contribution in [3.05, 3.63) is 34.1 Å². The number of carbonyl (C=O) groups excluding carboxylic acids is 1. The molecule has 1 fully saturated rings. The molecular weight excluding hydrogens is 511 g/mol. The van der Waals surface area contributed by atoms with Crippen LogP contribution in [0.5, 0.6) is 5.75 Å². The number of hydrogen-bond donors (Lipinski definition) is 1. The Morgan fingerprint density at radius 2 is 2.10 bits per heavy atom. The normalized spacial score (nSPS) is 14.4. The average Bonchev–Trinajstić information content (AvgIpc) is 3.32. The summed E-state index contributed by atoms with van der Waals surface area (Å²) in [6, 6.07) is 4.21. The van der Waals surface area contributed by atoms with Gasteiger partial charge in [-0.15, -0.1) is 0 Å². The van der Waals surface area contributed by atoms with E-state index in [9.17, 15) is 26.7 Å². The van der Waals surface area contributed by atoms with Crippen LogP contribution in [0, 0.1) is 0 Å². The van der Waals surface area contributed by atoms with Crippen molar-refractivity contribution >= 4 is 48.5 Å². The zero-order valence-corrected chi connectivity index (χ0v) is 18.0. The topological polar surface area (TPSA) is 69.0 Å². The van der Waals surface area contributed by atoms with Crippen molar-refractivity contribution in [2.45, 2.75) is 44.5 Å². The van der Waals surface area contributed by atoms with Gasteiger partial charge in [-0.25, -0.2) is 4.98 Å². The Hall–Kier alpha value is -2.28. The summed E-state index contributed by atoms with van der Waals surface area (Å²) < 4.78 is 70.2. The van der Waals surface area contributed by atoms with Gasteiger partial charge in [0.2, 0.25) is 5.91 Å². The third-order valence-corrected chi connectivity index (χ3v) is 6.26. The Balaban J connectivity index is 1.44. The fourth-order valence-corrected chi connectivity index (χ4v) is 4.82. The third kappa shape index (κ3) is 4.97. The molecule has 0 spiro atoms. The smallest absolute Gasteiger partial charge is 0.435 e. The SMILES string of the molecule is O=C(CCn1nc(C(F)(F)F)c(Br)c1C1CC1)Nc1nc2ccc(OC(F)F)cc2s1. The van der Waals surface area contributed by atoms with Gasteiger partial charge < -0.3 is 10.1 Å². The molecule has 0 aliphatic heterocycles. The number of amides is 1. The highest BCUT2D eigenvalue weighted by Gasteiger charge is 2.41. The molecular formula is C18H14BrF5N4O2S. The number of rotatable bonds is 7. The molecule has 31 heavy (non-hydrogen) atoms. The zero-order valence-electron chi connectivity index (χ0n) is 15.5. The fourth-order valence-electron chi connectivity index (χ4n) is 3.08. The summed E-state index contributed by atoms with van der Waals surface area (Å²) in [7, 11) is 0. The molecule has 4 rings (SSSR count). The molecule has 1 saturated carbocycles. The number of nitrogens with one attached hydrogen (secondary N) is 1. The molecule has 0 unspecified atom stereocenters. The molecule has 2 heterocycles. The summed E-state index contributed by atoms with van der Waals surface area (Å²) in [4.78, 5) is 16.5. The van der Waals surface area contributed by atoms with Crippen LogP contribution < -0.4 is 10.1 Å². The number of halogens is 6. The molecule has 1 aliphatic rings. The lowest BCUT2D eigenvalue weighted by Gasteiger charge is -2.07. The van der Waals surface area contributed by atoms with Crippen LogP contribution in [-0.4, -0.2) is 27.3 Å². The first-order chi connectivity index (χ1) is 14.6. The summed E-state index contributed by atoms with van der Waals surface area (Å²) in [6.45, 7) is -2.98. The lowest BCUT2D eigenvalue weighted by molar-refractivity contribution is -0.142. The number of aryl methyl sites for hydroxylation is 1. The van der Waals surface area contributed by atoms with Gasteiger partial charge in [0.25, 0.3) is 0 Å². The highest BCUT2D eigenvalue weighted by atomic mass is 79.9. The average molecular weight is 525 g/mol. The maximum Gasteiger partial charge on any atom is 0.436 e. The molecule has 0 radical (unpaired) electrons. The van der Waals surface area contributed by atoms with Gasteiger partial charge >= 0.3 is 12.8 Å². The van der Waals surface area contributed by atoms with Gasteiger partial charge in [0.05, 0.1) is 26.9 Å². The van der Waals surface area contributed by atoms with E-state index >= 15 is 0 Å². The number of anilines is 1. The summed E-state index contributed by atoms with van der Waals surface area (Å²) in [5.74, 6) is -0.485. The van der Waals surface area contributed by atoms with Gasteiger partial charge in [0, 0.05) is 12.3 Å². The molecule has 0 bridgehead atoms. The van der Waals surface area contributed by atoms with Crippen molar-refractivity contribution in [1.29, 1.82) is 0 Å². The van der Waals surface area contributed by atoms with E-state index in [1.54, 1.807) is 0 Å². The second-order valence-corrected chi connectivity index (χ2v) is 8.69. The van der Waals surface area contributed by atoms with Gasteiger partial charge in [0.1, 0.15) is 5.75 Å². The second-order valence-electron chi connectivity index (χ2n) is 6.87. The number of thiazole rings is 1. The number of alkyl halides is 5. The van der Waals surface area contributed by atoms with E-state index in [0.29, 0.717) is 15.9 Å². The van der Waals surface area contributed by atoms with Crippen molar-refractivity contribution in [3.63, 3.8) is 0 Å². The molecule has 0 atom stereocenters. The first-order valence-corrected chi connectivity index (χ1v) is 10.7.